The van der Waals surface area contributed by atoms with Gasteiger partial charge in [0, 0.05) is 30.4 Å². The first-order valence-corrected chi connectivity index (χ1v) is 9.25. The Labute approximate surface area is 171 Å². The van der Waals surface area contributed by atoms with E-state index < -0.39 is 5.97 Å². The molecule has 3 aromatic heterocycles. The first-order chi connectivity index (χ1) is 14.0. The molecule has 0 radical (unpaired) electrons. The fraction of sp³-hybridized carbons (Fsp3) is 0.150. The molecule has 2 N–H and O–H groups in total. The highest BCUT2D eigenvalue weighted by Gasteiger charge is 2.22. The second-order valence-electron chi connectivity index (χ2n) is 6.28. The maximum Gasteiger partial charge on any atom is 0.360 e. The van der Waals surface area contributed by atoms with Gasteiger partial charge >= 0.3 is 5.97 Å². The van der Waals surface area contributed by atoms with Gasteiger partial charge in [-0.1, -0.05) is 17.7 Å². The number of nitrogen functional groups attached to an aromatic ring is 1. The summed E-state index contributed by atoms with van der Waals surface area (Å²) in [6.07, 6.45) is 3.46. The largest absolute Gasteiger partial charge is 0.461 e. The first kappa shape index (κ1) is 18.8. The number of carbonyl (C=O) groups excluding carboxylic acids is 1. The maximum absolute atomic E-state index is 12.3. The van der Waals surface area contributed by atoms with Gasteiger partial charge in [0.25, 0.3) is 0 Å². The average molecular weight is 409 g/mol. The van der Waals surface area contributed by atoms with E-state index in [2.05, 4.69) is 20.1 Å². The molecule has 4 aromatic rings. The lowest BCUT2D eigenvalue weighted by Gasteiger charge is -2.12. The number of anilines is 1. The molecule has 146 valence electrons. The Morgan fingerprint density at radius 2 is 2.07 bits per heavy atom. The summed E-state index contributed by atoms with van der Waals surface area (Å²) in [4.78, 5) is 25.6. The van der Waals surface area contributed by atoms with Crippen LogP contribution in [0.3, 0.4) is 0 Å². The number of aryl methyl sites for hydroxylation is 1. The summed E-state index contributed by atoms with van der Waals surface area (Å²) in [6, 6.07) is 9.13. The molecule has 1 aromatic carbocycles. The van der Waals surface area contributed by atoms with Crippen LogP contribution in [0.25, 0.3) is 33.5 Å². The van der Waals surface area contributed by atoms with Gasteiger partial charge in [0.2, 0.25) is 0 Å². The zero-order valence-corrected chi connectivity index (χ0v) is 16.5. The van der Waals surface area contributed by atoms with Gasteiger partial charge in [0.05, 0.1) is 22.8 Å². The molecule has 29 heavy (non-hydrogen) atoms. The standard InChI is InChI=1S/C20H17ClN6O2/c1-3-29-20(28)18-19(22)25-17(14-6-8-27(2)26-14)16(24-18)12-9-11-5-4-7-23-15(11)13(21)10-12/h4-10H,3H2,1-2H3,(H2,22,25). The van der Waals surface area contributed by atoms with Crippen molar-refractivity contribution >= 4 is 34.3 Å². The number of aromatic nitrogens is 5. The highest BCUT2D eigenvalue weighted by molar-refractivity contribution is 6.35. The van der Waals surface area contributed by atoms with Gasteiger partial charge in [0.15, 0.2) is 11.5 Å². The van der Waals surface area contributed by atoms with E-state index in [1.807, 2.05) is 18.2 Å². The Balaban J connectivity index is 1.99. The van der Waals surface area contributed by atoms with Gasteiger partial charge in [-0.3, -0.25) is 9.67 Å². The van der Waals surface area contributed by atoms with Gasteiger partial charge in [-0.15, -0.1) is 0 Å². The molecule has 0 amide bonds. The molecule has 0 bridgehead atoms. The van der Waals surface area contributed by atoms with Crippen molar-refractivity contribution in [2.24, 2.45) is 7.05 Å². The molecule has 8 nitrogen and oxygen atoms in total. The number of ether oxygens (including phenoxy) is 1. The summed E-state index contributed by atoms with van der Waals surface area (Å²) in [5, 5.41) is 5.69. The summed E-state index contributed by atoms with van der Waals surface area (Å²) in [7, 11) is 1.80. The molecule has 0 fully saturated rings. The van der Waals surface area contributed by atoms with E-state index in [0.29, 0.717) is 33.2 Å². The third kappa shape index (κ3) is 3.50. The van der Waals surface area contributed by atoms with E-state index in [0.717, 1.165) is 5.39 Å². The highest BCUT2D eigenvalue weighted by Crippen LogP contribution is 2.34. The van der Waals surface area contributed by atoms with E-state index in [1.165, 1.54) is 0 Å². The predicted molar refractivity (Wildman–Crippen MR) is 110 cm³/mol. The Kier molecular flexibility index (Phi) is 4.85. The van der Waals surface area contributed by atoms with Gasteiger partial charge in [-0.2, -0.15) is 5.10 Å². The Hall–Kier alpha value is -3.52. The van der Waals surface area contributed by atoms with Crippen LogP contribution in [0, 0.1) is 0 Å². The number of rotatable bonds is 4. The highest BCUT2D eigenvalue weighted by atomic mass is 35.5. The molecule has 0 aliphatic rings. The van der Waals surface area contributed by atoms with Crippen molar-refractivity contribution in [2.45, 2.75) is 6.92 Å². The van der Waals surface area contributed by atoms with Crippen molar-refractivity contribution in [1.82, 2.24) is 24.7 Å². The van der Waals surface area contributed by atoms with Crippen LogP contribution in [0.5, 0.6) is 0 Å². The minimum Gasteiger partial charge on any atom is -0.461 e. The van der Waals surface area contributed by atoms with Crippen molar-refractivity contribution < 1.29 is 9.53 Å². The molecule has 0 aliphatic heterocycles. The Bertz CT molecular complexity index is 1240. The lowest BCUT2D eigenvalue weighted by Crippen LogP contribution is -2.13. The predicted octanol–water partition coefficient (Wildman–Crippen LogP) is 3.50. The number of pyridine rings is 1. The number of nitrogens with two attached hydrogens (primary N) is 1. The Morgan fingerprint density at radius 3 is 2.79 bits per heavy atom. The number of benzene rings is 1. The van der Waals surface area contributed by atoms with Gasteiger partial charge in [0.1, 0.15) is 11.4 Å². The minimum absolute atomic E-state index is 0.0265. The van der Waals surface area contributed by atoms with Gasteiger partial charge < -0.3 is 10.5 Å². The second-order valence-corrected chi connectivity index (χ2v) is 6.69. The van der Waals surface area contributed by atoms with Crippen LogP contribution in [0.4, 0.5) is 5.82 Å². The lowest BCUT2D eigenvalue weighted by atomic mass is 10.0. The molecule has 0 saturated carbocycles. The van der Waals surface area contributed by atoms with Crippen molar-refractivity contribution in [3.05, 3.63) is 53.4 Å². The van der Waals surface area contributed by atoms with E-state index in [4.69, 9.17) is 22.1 Å². The molecular weight excluding hydrogens is 392 g/mol. The van der Waals surface area contributed by atoms with E-state index in [9.17, 15) is 4.79 Å². The number of fused-ring (bicyclic) bond motifs is 1. The van der Waals surface area contributed by atoms with E-state index in [1.54, 1.807) is 43.2 Å². The summed E-state index contributed by atoms with van der Waals surface area (Å²) in [5.41, 5.74) is 8.73. The smallest absolute Gasteiger partial charge is 0.360 e. The monoisotopic (exact) mass is 408 g/mol. The molecule has 4 rings (SSSR count). The minimum atomic E-state index is -0.639. The number of halogens is 1. The first-order valence-electron chi connectivity index (χ1n) is 8.87. The molecule has 3 heterocycles. The Morgan fingerprint density at radius 1 is 1.24 bits per heavy atom. The summed E-state index contributed by atoms with van der Waals surface area (Å²) >= 11 is 6.45. The summed E-state index contributed by atoms with van der Waals surface area (Å²) in [5.74, 6) is -0.665. The maximum atomic E-state index is 12.3. The van der Waals surface area contributed by atoms with Crippen LogP contribution in [0.15, 0.2) is 42.7 Å². The number of nitrogens with zero attached hydrogens (tertiary/aromatic N) is 5. The molecule has 0 aliphatic carbocycles. The normalized spacial score (nSPS) is 11.0. The summed E-state index contributed by atoms with van der Waals surface area (Å²) in [6.45, 7) is 1.91. The number of carbonyl (C=O) groups is 1. The van der Waals surface area contributed by atoms with Crippen LogP contribution in [-0.4, -0.2) is 37.3 Å². The zero-order chi connectivity index (χ0) is 20.5. The van der Waals surface area contributed by atoms with Crippen molar-refractivity contribution in [3.8, 4) is 22.6 Å². The second kappa shape index (κ2) is 7.48. The lowest BCUT2D eigenvalue weighted by molar-refractivity contribution is 0.0520. The number of esters is 1. The van der Waals surface area contributed by atoms with Crippen LogP contribution >= 0.6 is 11.6 Å². The van der Waals surface area contributed by atoms with Crippen molar-refractivity contribution in [2.75, 3.05) is 12.3 Å². The zero-order valence-electron chi connectivity index (χ0n) is 15.8. The average Bonchev–Trinajstić information content (AvgIpc) is 3.14. The molecule has 0 unspecified atom stereocenters. The third-order valence-electron chi connectivity index (χ3n) is 4.28. The fourth-order valence-corrected chi connectivity index (χ4v) is 3.28. The van der Waals surface area contributed by atoms with Crippen LogP contribution in [-0.2, 0) is 11.8 Å². The van der Waals surface area contributed by atoms with E-state index in [-0.39, 0.29) is 18.1 Å². The SMILES string of the molecule is CCOC(=O)c1nc(-c2cc(Cl)c3ncccc3c2)c(-c2ccn(C)n2)nc1N. The van der Waals surface area contributed by atoms with Crippen molar-refractivity contribution in [1.29, 1.82) is 0 Å². The van der Waals surface area contributed by atoms with Crippen molar-refractivity contribution in [3.63, 3.8) is 0 Å². The van der Waals surface area contributed by atoms with E-state index >= 15 is 0 Å². The summed E-state index contributed by atoms with van der Waals surface area (Å²) < 4.78 is 6.71. The van der Waals surface area contributed by atoms with Gasteiger partial charge in [-0.05, 0) is 31.2 Å². The van der Waals surface area contributed by atoms with Crippen LogP contribution in [0.1, 0.15) is 17.4 Å². The molecule has 0 saturated heterocycles. The molecule has 0 atom stereocenters. The van der Waals surface area contributed by atoms with Crippen LogP contribution in [0.2, 0.25) is 5.02 Å². The number of hydrogen-bond donors (Lipinski definition) is 1. The fourth-order valence-electron chi connectivity index (χ4n) is 3.00. The topological polar surface area (TPSA) is 109 Å². The van der Waals surface area contributed by atoms with Crippen LogP contribution < -0.4 is 5.73 Å². The van der Waals surface area contributed by atoms with Gasteiger partial charge in [-0.25, -0.2) is 14.8 Å². The quantitative estimate of drug-likeness (QED) is 0.514. The molecular formula is C20H17ClN6O2. The molecule has 9 heteroatoms. The number of hydrogen-bond acceptors (Lipinski definition) is 7. The third-order valence-corrected chi connectivity index (χ3v) is 4.57. The molecule has 0 spiro atoms.